The summed E-state index contributed by atoms with van der Waals surface area (Å²) in [7, 11) is -3.59. The normalized spacial score (nSPS) is 11.8. The van der Waals surface area contributed by atoms with Gasteiger partial charge in [-0.05, 0) is 41.3 Å². The Kier molecular flexibility index (Phi) is 7.28. The van der Waals surface area contributed by atoms with E-state index in [4.69, 9.17) is 23.2 Å². The molecule has 0 spiro atoms. The Bertz CT molecular complexity index is 913. The second kappa shape index (κ2) is 9.06. The van der Waals surface area contributed by atoms with E-state index in [1.165, 1.54) is 0 Å². The minimum atomic E-state index is -3.59. The van der Waals surface area contributed by atoms with Crippen LogP contribution in [-0.4, -0.2) is 31.4 Å². The highest BCUT2D eigenvalue weighted by Crippen LogP contribution is 2.24. The van der Waals surface area contributed by atoms with Crippen molar-refractivity contribution in [1.82, 2.24) is 4.31 Å². The molecule has 0 unspecified atom stereocenters. The fourth-order valence-corrected chi connectivity index (χ4v) is 3.50. The van der Waals surface area contributed by atoms with Crippen LogP contribution in [0.5, 0.6) is 0 Å². The van der Waals surface area contributed by atoms with Gasteiger partial charge in [-0.25, -0.2) is 8.42 Å². The van der Waals surface area contributed by atoms with Gasteiger partial charge in [0.15, 0.2) is 0 Å². The highest BCUT2D eigenvalue weighted by atomic mass is 35.5. The highest BCUT2D eigenvalue weighted by molar-refractivity contribution is 7.88. The number of nitrogens with one attached hydrogen (secondary N) is 1. The smallest absolute Gasteiger partial charge is 0.239 e. The van der Waals surface area contributed by atoms with Crippen molar-refractivity contribution in [2.75, 3.05) is 18.1 Å². The number of nitrogens with zero attached hydrogens (tertiary/aromatic N) is 1. The summed E-state index contributed by atoms with van der Waals surface area (Å²) in [6, 6.07) is 12.3. The maximum absolute atomic E-state index is 12.3. The van der Waals surface area contributed by atoms with Crippen molar-refractivity contribution >= 4 is 44.8 Å². The zero-order valence-electron chi connectivity index (χ0n) is 15.4. The molecule has 5 nitrogen and oxygen atoms in total. The zero-order chi connectivity index (χ0) is 20.2. The standard InChI is InChI=1S/C19H22Cl2N2O3S/c1-13(2)15-5-7-16(8-6-15)22-19(24)12-23(27(3,25)26)11-14-4-9-17(20)18(21)10-14/h4-10,13H,11-12H2,1-3H3,(H,22,24). The Balaban J connectivity index is 2.08. The van der Waals surface area contributed by atoms with E-state index in [0.29, 0.717) is 27.2 Å². The van der Waals surface area contributed by atoms with Gasteiger partial charge in [0, 0.05) is 12.2 Å². The summed E-state index contributed by atoms with van der Waals surface area (Å²) in [5.74, 6) is -0.0283. The van der Waals surface area contributed by atoms with Gasteiger partial charge in [0.1, 0.15) is 0 Å². The number of carbonyl (C=O) groups is 1. The van der Waals surface area contributed by atoms with Crippen molar-refractivity contribution < 1.29 is 13.2 Å². The average molecular weight is 429 g/mol. The molecule has 0 bridgehead atoms. The molecule has 2 aromatic rings. The molecule has 0 aliphatic heterocycles. The van der Waals surface area contributed by atoms with Crippen LogP contribution in [0.4, 0.5) is 5.69 Å². The molecule has 2 aromatic carbocycles. The van der Waals surface area contributed by atoms with E-state index in [9.17, 15) is 13.2 Å². The second-order valence-electron chi connectivity index (χ2n) is 6.60. The summed E-state index contributed by atoms with van der Waals surface area (Å²) in [6.07, 6.45) is 1.06. The largest absolute Gasteiger partial charge is 0.325 e. The first-order chi connectivity index (χ1) is 12.6. The summed E-state index contributed by atoms with van der Waals surface area (Å²) in [4.78, 5) is 12.3. The summed E-state index contributed by atoms with van der Waals surface area (Å²) >= 11 is 11.9. The summed E-state index contributed by atoms with van der Waals surface area (Å²) in [5, 5.41) is 3.44. The summed E-state index contributed by atoms with van der Waals surface area (Å²) in [5.41, 5.74) is 2.42. The van der Waals surface area contributed by atoms with Crippen molar-refractivity contribution in [3.63, 3.8) is 0 Å². The number of rotatable bonds is 7. The van der Waals surface area contributed by atoms with Crippen molar-refractivity contribution in [1.29, 1.82) is 0 Å². The van der Waals surface area contributed by atoms with Gasteiger partial charge in [0.25, 0.3) is 0 Å². The first-order valence-electron chi connectivity index (χ1n) is 8.35. The number of anilines is 1. The maximum atomic E-state index is 12.3. The van der Waals surface area contributed by atoms with E-state index < -0.39 is 15.9 Å². The molecule has 0 fully saturated rings. The number of benzene rings is 2. The quantitative estimate of drug-likeness (QED) is 0.704. The molecule has 0 atom stereocenters. The monoisotopic (exact) mass is 428 g/mol. The SMILES string of the molecule is CC(C)c1ccc(NC(=O)CN(Cc2ccc(Cl)c(Cl)c2)S(C)(=O)=O)cc1. The Labute approximate surface area is 170 Å². The van der Waals surface area contributed by atoms with E-state index in [2.05, 4.69) is 19.2 Å². The molecule has 1 N–H and O–H groups in total. The van der Waals surface area contributed by atoms with Crippen molar-refractivity contribution in [2.24, 2.45) is 0 Å². The predicted octanol–water partition coefficient (Wildman–Crippen LogP) is 4.52. The average Bonchev–Trinajstić information content (AvgIpc) is 2.57. The molecule has 27 heavy (non-hydrogen) atoms. The zero-order valence-corrected chi connectivity index (χ0v) is 17.7. The molecule has 8 heteroatoms. The third kappa shape index (κ3) is 6.50. The molecule has 0 aliphatic rings. The Morgan fingerprint density at radius 1 is 1.07 bits per heavy atom. The van der Waals surface area contributed by atoms with Crippen LogP contribution < -0.4 is 5.32 Å². The van der Waals surface area contributed by atoms with E-state index in [0.717, 1.165) is 16.1 Å². The molecule has 0 heterocycles. The highest BCUT2D eigenvalue weighted by Gasteiger charge is 2.21. The molecule has 0 radical (unpaired) electrons. The van der Waals surface area contributed by atoms with Crippen LogP contribution in [0.1, 0.15) is 30.9 Å². The van der Waals surface area contributed by atoms with Crippen LogP contribution in [0.25, 0.3) is 0 Å². The molecular formula is C19H22Cl2N2O3S. The third-order valence-corrected chi connectivity index (χ3v) is 5.93. The van der Waals surface area contributed by atoms with Crippen molar-refractivity contribution in [3.8, 4) is 0 Å². The van der Waals surface area contributed by atoms with Gasteiger partial charge < -0.3 is 5.32 Å². The first kappa shape index (κ1) is 21.7. The Morgan fingerprint density at radius 3 is 2.22 bits per heavy atom. The van der Waals surface area contributed by atoms with Crippen LogP contribution in [0.2, 0.25) is 10.0 Å². The number of hydrogen-bond donors (Lipinski definition) is 1. The van der Waals surface area contributed by atoms with Crippen LogP contribution >= 0.6 is 23.2 Å². The first-order valence-corrected chi connectivity index (χ1v) is 11.0. The van der Waals surface area contributed by atoms with Gasteiger partial charge in [0.2, 0.25) is 15.9 Å². The second-order valence-corrected chi connectivity index (χ2v) is 9.40. The van der Waals surface area contributed by atoms with Crippen LogP contribution in [-0.2, 0) is 21.4 Å². The summed E-state index contributed by atoms with van der Waals surface area (Å²) < 4.78 is 25.3. The van der Waals surface area contributed by atoms with Gasteiger partial charge in [-0.3, -0.25) is 4.79 Å². The van der Waals surface area contributed by atoms with E-state index >= 15 is 0 Å². The third-order valence-electron chi connectivity index (χ3n) is 3.99. The fraction of sp³-hybridized carbons (Fsp3) is 0.316. The summed E-state index contributed by atoms with van der Waals surface area (Å²) in [6.45, 7) is 3.89. The number of halogens is 2. The molecular weight excluding hydrogens is 407 g/mol. The maximum Gasteiger partial charge on any atom is 0.239 e. The van der Waals surface area contributed by atoms with Crippen LogP contribution in [0.3, 0.4) is 0 Å². The lowest BCUT2D eigenvalue weighted by molar-refractivity contribution is -0.116. The van der Waals surface area contributed by atoms with Crippen molar-refractivity contribution in [2.45, 2.75) is 26.3 Å². The van der Waals surface area contributed by atoms with Gasteiger partial charge in [0.05, 0.1) is 22.8 Å². The topological polar surface area (TPSA) is 66.5 Å². The van der Waals surface area contributed by atoms with Gasteiger partial charge in [-0.15, -0.1) is 0 Å². The minimum absolute atomic E-state index is 0.0232. The molecule has 2 rings (SSSR count). The van der Waals surface area contributed by atoms with Gasteiger partial charge in [-0.1, -0.05) is 55.2 Å². The molecule has 0 saturated heterocycles. The molecule has 0 aromatic heterocycles. The van der Waals surface area contributed by atoms with Crippen molar-refractivity contribution in [3.05, 3.63) is 63.6 Å². The van der Waals surface area contributed by atoms with Gasteiger partial charge >= 0.3 is 0 Å². The number of sulfonamides is 1. The van der Waals surface area contributed by atoms with E-state index in [-0.39, 0.29) is 13.1 Å². The van der Waals surface area contributed by atoms with Crippen LogP contribution in [0.15, 0.2) is 42.5 Å². The van der Waals surface area contributed by atoms with Crippen LogP contribution in [0, 0.1) is 0 Å². The molecule has 0 saturated carbocycles. The Morgan fingerprint density at radius 2 is 1.70 bits per heavy atom. The predicted molar refractivity (Wildman–Crippen MR) is 111 cm³/mol. The van der Waals surface area contributed by atoms with Gasteiger partial charge in [-0.2, -0.15) is 4.31 Å². The molecule has 1 amide bonds. The number of amides is 1. The number of hydrogen-bond acceptors (Lipinski definition) is 3. The molecule has 146 valence electrons. The fourth-order valence-electron chi connectivity index (χ4n) is 2.44. The molecule has 0 aliphatic carbocycles. The van der Waals surface area contributed by atoms with E-state index in [1.54, 1.807) is 30.3 Å². The lowest BCUT2D eigenvalue weighted by Gasteiger charge is -2.20. The lowest BCUT2D eigenvalue weighted by atomic mass is 10.0. The lowest BCUT2D eigenvalue weighted by Crippen LogP contribution is -2.36. The number of carbonyl (C=O) groups excluding carboxylic acids is 1. The Hall–Kier alpha value is -1.60. The van der Waals surface area contributed by atoms with E-state index in [1.807, 2.05) is 12.1 Å². The minimum Gasteiger partial charge on any atom is -0.325 e.